The number of hydrogen-bond donors (Lipinski definition) is 0. The molecule has 1 aromatic carbocycles. The van der Waals surface area contributed by atoms with Crippen molar-refractivity contribution < 1.29 is 18.1 Å². The van der Waals surface area contributed by atoms with E-state index in [-0.39, 0.29) is 27.8 Å². The van der Waals surface area contributed by atoms with E-state index >= 15 is 0 Å². The van der Waals surface area contributed by atoms with Gasteiger partial charge in [0, 0.05) is 18.7 Å². The highest BCUT2D eigenvalue weighted by molar-refractivity contribution is 7.91. The number of carbonyl (C=O) groups excluding carboxylic acids is 1. The lowest BCUT2D eigenvalue weighted by atomic mass is 10.2. The predicted molar refractivity (Wildman–Crippen MR) is 117 cm³/mol. The van der Waals surface area contributed by atoms with Crippen molar-refractivity contribution in [3.63, 3.8) is 0 Å². The van der Waals surface area contributed by atoms with Crippen LogP contribution in [-0.4, -0.2) is 40.7 Å². The molecule has 0 N–H and O–H groups in total. The van der Waals surface area contributed by atoms with E-state index in [0.717, 1.165) is 11.3 Å². The smallest absolute Gasteiger partial charge is 0.271 e. The fraction of sp³-hybridized carbons (Fsp3) is 0.263. The number of nitro benzene ring substituents is 1. The second-order valence-electron chi connectivity index (χ2n) is 6.74. The van der Waals surface area contributed by atoms with Gasteiger partial charge in [0.15, 0.2) is 4.80 Å². The number of amides is 1. The number of nitro groups is 1. The summed E-state index contributed by atoms with van der Waals surface area (Å²) < 4.78 is 29.5. The van der Waals surface area contributed by atoms with Crippen molar-refractivity contribution in [3.8, 4) is 12.3 Å². The third-order valence-corrected chi connectivity index (χ3v) is 9.22. The van der Waals surface area contributed by atoms with Gasteiger partial charge in [0.1, 0.15) is 10.3 Å². The minimum Gasteiger partial charge on any atom is -0.304 e. The Bertz CT molecular complexity index is 1380. The van der Waals surface area contributed by atoms with Crippen molar-refractivity contribution in [3.05, 3.63) is 50.6 Å². The van der Waals surface area contributed by atoms with Crippen LogP contribution in [0.5, 0.6) is 0 Å². The zero-order valence-electron chi connectivity index (χ0n) is 16.0. The molecule has 1 atom stereocenters. The number of benzene rings is 1. The molecule has 9 nitrogen and oxygen atoms in total. The van der Waals surface area contributed by atoms with Gasteiger partial charge in [0.05, 0.1) is 21.7 Å². The van der Waals surface area contributed by atoms with E-state index in [0.29, 0.717) is 23.1 Å². The highest BCUT2D eigenvalue weighted by atomic mass is 32.2. The first-order valence-corrected chi connectivity index (χ1v) is 12.3. The van der Waals surface area contributed by atoms with Crippen LogP contribution in [0.3, 0.4) is 0 Å². The molecule has 0 saturated carbocycles. The quantitative estimate of drug-likeness (QED) is 0.319. The lowest BCUT2D eigenvalue weighted by Crippen LogP contribution is -2.40. The van der Waals surface area contributed by atoms with Crippen molar-refractivity contribution in [1.82, 2.24) is 8.87 Å². The minimum absolute atomic E-state index is 0.0646. The van der Waals surface area contributed by atoms with Crippen LogP contribution in [0.1, 0.15) is 12.8 Å². The molecule has 1 amide bonds. The third-order valence-electron chi connectivity index (χ3n) is 4.88. The first-order valence-electron chi connectivity index (χ1n) is 9.18. The van der Waals surface area contributed by atoms with E-state index in [1.165, 1.54) is 33.8 Å². The summed E-state index contributed by atoms with van der Waals surface area (Å²) in [5.74, 6) is 1.89. The Morgan fingerprint density at radius 3 is 2.87 bits per heavy atom. The molecule has 1 aliphatic heterocycles. The highest BCUT2D eigenvalue weighted by Crippen LogP contribution is 2.29. The van der Waals surface area contributed by atoms with Crippen molar-refractivity contribution in [1.29, 1.82) is 0 Å². The van der Waals surface area contributed by atoms with Gasteiger partial charge in [-0.25, -0.2) is 8.42 Å². The van der Waals surface area contributed by atoms with Gasteiger partial charge in [-0.15, -0.1) is 17.8 Å². The molecule has 0 aliphatic carbocycles. The first kappa shape index (κ1) is 21.4. The van der Waals surface area contributed by atoms with E-state index in [2.05, 4.69) is 10.9 Å². The molecule has 3 heterocycles. The Morgan fingerprint density at radius 1 is 1.39 bits per heavy atom. The predicted octanol–water partition coefficient (Wildman–Crippen LogP) is 2.59. The monoisotopic (exact) mass is 476 g/mol. The molecular weight excluding hydrogens is 460 g/mol. The number of fused-ring (bicyclic) bond motifs is 1. The van der Waals surface area contributed by atoms with Crippen molar-refractivity contribution >= 4 is 54.5 Å². The summed E-state index contributed by atoms with van der Waals surface area (Å²) in [6, 6.07) is 6.60. The second kappa shape index (κ2) is 8.35. The molecular formula is C19H16N4O5S3. The molecule has 1 fully saturated rings. The van der Waals surface area contributed by atoms with Crippen LogP contribution in [0.2, 0.25) is 0 Å². The Morgan fingerprint density at radius 2 is 2.19 bits per heavy atom. The highest BCUT2D eigenvalue weighted by Gasteiger charge is 2.40. The molecule has 0 radical (unpaired) electrons. The molecule has 4 rings (SSSR count). The molecule has 160 valence electrons. The van der Waals surface area contributed by atoms with Crippen LogP contribution in [-0.2, 0) is 21.4 Å². The van der Waals surface area contributed by atoms with Gasteiger partial charge in [0.25, 0.3) is 21.6 Å². The average Bonchev–Trinajstić information content (AvgIpc) is 3.48. The molecule has 1 unspecified atom stereocenters. The van der Waals surface area contributed by atoms with Gasteiger partial charge in [0.2, 0.25) is 0 Å². The minimum atomic E-state index is -3.78. The van der Waals surface area contributed by atoms with Gasteiger partial charge < -0.3 is 4.57 Å². The Labute approximate surface area is 185 Å². The molecule has 1 aliphatic rings. The molecule has 12 heteroatoms. The molecule has 0 bridgehead atoms. The maximum absolute atomic E-state index is 13.0. The number of thiazole rings is 1. The summed E-state index contributed by atoms with van der Waals surface area (Å²) in [6.45, 7) is 0.310. The summed E-state index contributed by atoms with van der Waals surface area (Å²) in [4.78, 5) is 28.1. The van der Waals surface area contributed by atoms with E-state index in [1.807, 2.05) is 0 Å². The maximum atomic E-state index is 13.0. The van der Waals surface area contributed by atoms with Crippen molar-refractivity contribution in [2.45, 2.75) is 29.6 Å². The summed E-state index contributed by atoms with van der Waals surface area (Å²) in [6.07, 6.45) is 6.38. The number of carbonyl (C=O) groups is 1. The van der Waals surface area contributed by atoms with Gasteiger partial charge in [-0.3, -0.25) is 14.9 Å². The summed E-state index contributed by atoms with van der Waals surface area (Å²) in [5, 5.41) is 12.8. The van der Waals surface area contributed by atoms with Crippen LogP contribution >= 0.6 is 22.7 Å². The molecule has 0 spiro atoms. The van der Waals surface area contributed by atoms with E-state index in [9.17, 15) is 23.3 Å². The number of sulfonamides is 1. The fourth-order valence-electron chi connectivity index (χ4n) is 3.47. The third kappa shape index (κ3) is 3.92. The number of thiophene rings is 1. The van der Waals surface area contributed by atoms with Gasteiger partial charge in [-0.1, -0.05) is 23.3 Å². The zero-order valence-corrected chi connectivity index (χ0v) is 18.5. The second-order valence-corrected chi connectivity index (χ2v) is 10.8. The number of hydrogen-bond acceptors (Lipinski definition) is 7. The normalized spacial score (nSPS) is 17.8. The first-order chi connectivity index (χ1) is 14.8. The van der Waals surface area contributed by atoms with E-state index < -0.39 is 26.9 Å². The summed E-state index contributed by atoms with van der Waals surface area (Å²) >= 11 is 2.27. The van der Waals surface area contributed by atoms with E-state index in [4.69, 9.17) is 6.42 Å². The Balaban J connectivity index is 1.75. The Kier molecular flexibility index (Phi) is 5.76. The number of non-ortho nitro benzene ring substituents is 1. The zero-order chi connectivity index (χ0) is 22.2. The van der Waals surface area contributed by atoms with Gasteiger partial charge in [-0.2, -0.15) is 9.30 Å². The largest absolute Gasteiger partial charge is 0.304 e. The number of aromatic nitrogens is 1. The lowest BCUT2D eigenvalue weighted by molar-refractivity contribution is -0.384. The molecule has 2 aromatic heterocycles. The summed E-state index contributed by atoms with van der Waals surface area (Å²) in [7, 11) is -3.78. The summed E-state index contributed by atoms with van der Waals surface area (Å²) in [5.41, 5.74) is 0.399. The van der Waals surface area contributed by atoms with Crippen LogP contribution in [0.25, 0.3) is 10.2 Å². The van der Waals surface area contributed by atoms with Crippen LogP contribution in [0.4, 0.5) is 5.69 Å². The SMILES string of the molecule is C#CCn1c(=NC(=O)C2CCCN2S(=O)(=O)c2cccs2)sc2ccc([N+](=O)[O-])cc21. The molecule has 1 saturated heterocycles. The van der Waals surface area contributed by atoms with E-state index in [1.54, 1.807) is 22.1 Å². The van der Waals surface area contributed by atoms with Crippen LogP contribution in [0, 0.1) is 22.5 Å². The van der Waals surface area contributed by atoms with Crippen LogP contribution in [0.15, 0.2) is 44.9 Å². The molecule has 3 aromatic rings. The average molecular weight is 477 g/mol. The fourth-order valence-corrected chi connectivity index (χ4v) is 7.26. The number of rotatable bonds is 5. The standard InChI is InChI=1S/C19H16N4O5S3/c1-2-9-21-15-12-13(23(25)26)7-8-16(15)30-19(21)20-18(24)14-5-3-10-22(14)31(27,28)17-6-4-11-29-17/h1,4,6-8,11-12,14H,3,5,9-10H2. The number of nitrogens with zero attached hydrogens (tertiary/aromatic N) is 4. The number of terminal acetylenes is 1. The maximum Gasteiger partial charge on any atom is 0.271 e. The van der Waals surface area contributed by atoms with Crippen molar-refractivity contribution in [2.24, 2.45) is 4.99 Å². The lowest BCUT2D eigenvalue weighted by Gasteiger charge is -2.20. The Hall–Kier alpha value is -2.85. The van der Waals surface area contributed by atoms with Crippen molar-refractivity contribution in [2.75, 3.05) is 6.54 Å². The topological polar surface area (TPSA) is 115 Å². The van der Waals surface area contributed by atoms with Gasteiger partial charge >= 0.3 is 0 Å². The molecule has 31 heavy (non-hydrogen) atoms. The van der Waals surface area contributed by atoms with Gasteiger partial charge in [-0.05, 0) is 30.4 Å². The van der Waals surface area contributed by atoms with Crippen LogP contribution < -0.4 is 4.80 Å².